The normalized spacial score (nSPS) is 11.8. The number of hydrogen-bond acceptors (Lipinski definition) is 4. The summed E-state index contributed by atoms with van der Waals surface area (Å²) in [4.78, 5) is 14.5. The smallest absolute Gasteiger partial charge is 0.254 e. The van der Waals surface area contributed by atoms with E-state index < -0.39 is 0 Å². The number of hydrogen-bond donors (Lipinski definition) is 2. The topological polar surface area (TPSA) is 68.3 Å². The van der Waals surface area contributed by atoms with Gasteiger partial charge in [0, 0.05) is 22.2 Å². The molecule has 0 radical (unpaired) electrons. The summed E-state index contributed by atoms with van der Waals surface area (Å²) in [6.45, 7) is 4.38. The first-order valence-electron chi connectivity index (χ1n) is 6.22. The van der Waals surface area contributed by atoms with Crippen LogP contribution in [-0.4, -0.2) is 11.9 Å². The summed E-state index contributed by atoms with van der Waals surface area (Å²) < 4.78 is 5.15. The van der Waals surface area contributed by atoms with Crippen molar-refractivity contribution in [2.75, 3.05) is 0 Å². The first-order chi connectivity index (χ1) is 9.08. The number of carbonyl (C=O) groups excluding carboxylic acids is 1. The highest BCUT2D eigenvalue weighted by atomic mass is 35.5. The van der Waals surface area contributed by atoms with Crippen molar-refractivity contribution in [3.8, 4) is 0 Å². The molecule has 2 aromatic rings. The summed E-state index contributed by atoms with van der Waals surface area (Å²) in [6, 6.07) is 5.96. The monoisotopic (exact) mass is 314 g/mol. The molecule has 0 aliphatic heterocycles. The van der Waals surface area contributed by atoms with Crippen LogP contribution in [0.3, 0.4) is 0 Å². The Bertz CT molecular complexity index is 565. The molecule has 0 aromatic carbocycles. The van der Waals surface area contributed by atoms with Gasteiger partial charge in [-0.05, 0) is 32.0 Å². The van der Waals surface area contributed by atoms with Crippen molar-refractivity contribution in [2.45, 2.75) is 32.9 Å². The second-order valence-electron chi connectivity index (χ2n) is 4.60. The van der Waals surface area contributed by atoms with E-state index in [1.165, 1.54) is 16.0 Å². The van der Waals surface area contributed by atoms with Crippen LogP contribution in [0.2, 0.25) is 0 Å². The van der Waals surface area contributed by atoms with Gasteiger partial charge in [0.1, 0.15) is 12.0 Å². The van der Waals surface area contributed by atoms with Crippen molar-refractivity contribution < 1.29 is 9.21 Å². The third-order valence-electron chi connectivity index (χ3n) is 2.80. The molecule has 1 unspecified atom stereocenters. The van der Waals surface area contributed by atoms with E-state index in [2.05, 4.69) is 24.4 Å². The summed E-state index contributed by atoms with van der Waals surface area (Å²) in [7, 11) is 0. The van der Waals surface area contributed by atoms with Crippen LogP contribution in [0.25, 0.3) is 0 Å². The molecule has 0 bridgehead atoms. The van der Waals surface area contributed by atoms with Gasteiger partial charge in [-0.1, -0.05) is 0 Å². The van der Waals surface area contributed by atoms with Crippen molar-refractivity contribution in [3.63, 3.8) is 0 Å². The van der Waals surface area contributed by atoms with Crippen LogP contribution in [0.15, 0.2) is 28.9 Å². The molecule has 0 aliphatic rings. The van der Waals surface area contributed by atoms with Crippen LogP contribution in [0.4, 0.5) is 0 Å². The number of nitrogens with one attached hydrogen (secondary N) is 1. The molecule has 2 aromatic heterocycles. The van der Waals surface area contributed by atoms with Gasteiger partial charge in [0.05, 0.1) is 12.1 Å². The number of nitrogens with two attached hydrogens (primary N) is 1. The first kappa shape index (κ1) is 16.8. The second-order valence-corrected chi connectivity index (χ2v) is 5.97. The molecule has 2 heterocycles. The van der Waals surface area contributed by atoms with Crippen molar-refractivity contribution in [1.82, 2.24) is 5.32 Å². The summed E-state index contributed by atoms with van der Waals surface area (Å²) in [5.74, 6) is 0.496. The van der Waals surface area contributed by atoms with Gasteiger partial charge in [0.2, 0.25) is 0 Å². The second kappa shape index (κ2) is 7.47. The number of rotatable bonds is 5. The highest BCUT2D eigenvalue weighted by Crippen LogP contribution is 2.17. The van der Waals surface area contributed by atoms with E-state index >= 15 is 0 Å². The largest absolute Gasteiger partial charge is 0.467 e. The molecule has 0 fully saturated rings. The van der Waals surface area contributed by atoms with Crippen LogP contribution in [0, 0.1) is 6.92 Å². The average Bonchev–Trinajstić information content (AvgIpc) is 2.98. The van der Waals surface area contributed by atoms with Gasteiger partial charge in [-0.3, -0.25) is 4.79 Å². The molecule has 20 heavy (non-hydrogen) atoms. The van der Waals surface area contributed by atoms with Crippen LogP contribution in [0.5, 0.6) is 0 Å². The van der Waals surface area contributed by atoms with Gasteiger partial charge in [0.15, 0.2) is 0 Å². The van der Waals surface area contributed by atoms with Gasteiger partial charge in [-0.15, -0.1) is 23.7 Å². The fraction of sp³-hybridized carbons (Fsp3) is 0.357. The molecular weight excluding hydrogens is 296 g/mol. The molecular formula is C14H19ClN2O2S. The van der Waals surface area contributed by atoms with E-state index in [9.17, 15) is 4.79 Å². The molecule has 0 spiro atoms. The Balaban J connectivity index is 0.00000200. The number of carbonyl (C=O) groups is 1. The van der Waals surface area contributed by atoms with Crippen molar-refractivity contribution in [3.05, 3.63) is 45.5 Å². The lowest BCUT2D eigenvalue weighted by Gasteiger charge is -2.11. The molecule has 1 amide bonds. The number of amides is 1. The fourth-order valence-corrected chi connectivity index (χ4v) is 2.88. The molecule has 2 rings (SSSR count). The Morgan fingerprint density at radius 2 is 2.25 bits per heavy atom. The van der Waals surface area contributed by atoms with Gasteiger partial charge in [-0.2, -0.15) is 0 Å². The molecule has 4 nitrogen and oxygen atoms in total. The Labute approximate surface area is 128 Å². The molecule has 0 saturated carbocycles. The Hall–Kier alpha value is -1.30. The van der Waals surface area contributed by atoms with Crippen LogP contribution in [0.1, 0.15) is 32.8 Å². The lowest BCUT2D eigenvalue weighted by Crippen LogP contribution is -2.33. The summed E-state index contributed by atoms with van der Waals surface area (Å²) in [5.41, 5.74) is 5.97. The van der Waals surface area contributed by atoms with Crippen LogP contribution >= 0.6 is 23.7 Å². The Morgan fingerprint density at radius 1 is 1.50 bits per heavy atom. The molecule has 1 atom stereocenters. The van der Waals surface area contributed by atoms with E-state index in [0.717, 1.165) is 6.42 Å². The zero-order valence-corrected chi connectivity index (χ0v) is 13.1. The highest BCUT2D eigenvalue weighted by molar-refractivity contribution is 7.11. The summed E-state index contributed by atoms with van der Waals surface area (Å²) in [5, 5.41) is 2.96. The zero-order valence-electron chi connectivity index (χ0n) is 11.5. The maximum atomic E-state index is 12.0. The van der Waals surface area contributed by atoms with E-state index in [1.807, 2.05) is 6.92 Å². The van der Waals surface area contributed by atoms with E-state index in [4.69, 9.17) is 10.2 Å². The maximum Gasteiger partial charge on any atom is 0.254 e. The third-order valence-corrected chi connectivity index (χ3v) is 3.82. The number of thiophene rings is 1. The average molecular weight is 315 g/mol. The zero-order chi connectivity index (χ0) is 13.8. The molecule has 0 aliphatic carbocycles. The first-order valence-corrected chi connectivity index (χ1v) is 7.04. The van der Waals surface area contributed by atoms with Gasteiger partial charge >= 0.3 is 0 Å². The lowest BCUT2D eigenvalue weighted by molar-refractivity contribution is 0.0939. The number of halogens is 1. The van der Waals surface area contributed by atoms with E-state index in [0.29, 0.717) is 17.9 Å². The molecule has 3 N–H and O–H groups in total. The predicted octanol–water partition coefficient (Wildman–Crippen LogP) is 2.89. The molecule has 0 saturated heterocycles. The Morgan fingerprint density at radius 3 is 2.80 bits per heavy atom. The van der Waals surface area contributed by atoms with Gasteiger partial charge < -0.3 is 15.5 Å². The van der Waals surface area contributed by atoms with Crippen molar-refractivity contribution in [2.24, 2.45) is 5.73 Å². The standard InChI is InChI=1S/C14H18N2O2S.ClH/c1-9(5-13-4-3-10(2)19-13)16-14(17)11-6-12(7-15)18-8-11;/h3-4,6,8-9H,5,7,15H2,1-2H3,(H,16,17);1H. The SMILES string of the molecule is Cc1ccc(CC(C)NC(=O)c2coc(CN)c2)s1.Cl. The minimum atomic E-state index is -0.121. The predicted molar refractivity (Wildman–Crippen MR) is 83.5 cm³/mol. The third kappa shape index (κ3) is 4.37. The summed E-state index contributed by atoms with van der Waals surface area (Å²) >= 11 is 1.76. The minimum absolute atomic E-state index is 0. The van der Waals surface area contributed by atoms with Crippen molar-refractivity contribution >= 4 is 29.7 Å². The van der Waals surface area contributed by atoms with E-state index in [-0.39, 0.29) is 24.4 Å². The van der Waals surface area contributed by atoms with Crippen LogP contribution < -0.4 is 11.1 Å². The van der Waals surface area contributed by atoms with Gasteiger partial charge in [0.25, 0.3) is 5.91 Å². The highest BCUT2D eigenvalue weighted by Gasteiger charge is 2.13. The lowest BCUT2D eigenvalue weighted by atomic mass is 10.2. The molecule has 6 heteroatoms. The maximum absolute atomic E-state index is 12.0. The number of aryl methyl sites for hydroxylation is 1. The Kier molecular flexibility index (Phi) is 6.26. The fourth-order valence-electron chi connectivity index (χ4n) is 1.86. The molecule has 110 valence electrons. The van der Waals surface area contributed by atoms with Crippen molar-refractivity contribution in [1.29, 1.82) is 0 Å². The quantitative estimate of drug-likeness (QED) is 0.891. The van der Waals surface area contributed by atoms with E-state index in [1.54, 1.807) is 17.4 Å². The van der Waals surface area contributed by atoms with Crippen LogP contribution in [-0.2, 0) is 13.0 Å². The summed E-state index contributed by atoms with van der Waals surface area (Å²) in [6.07, 6.45) is 2.28. The van der Waals surface area contributed by atoms with Gasteiger partial charge in [-0.25, -0.2) is 0 Å². The number of furan rings is 1. The minimum Gasteiger partial charge on any atom is -0.467 e.